The van der Waals surface area contributed by atoms with Crippen molar-refractivity contribution in [2.75, 3.05) is 13.6 Å². The molecule has 0 fully saturated rings. The van der Waals surface area contributed by atoms with Crippen LogP contribution in [0, 0.1) is 20.8 Å². The standard InChI is InChI=1S/C17H20N2.C16H23N.3C2H6/c1-12-8-6-7-9-17(12)13(2)10-15(4)19-16(5)14(3)11-18-19;1-5-6-12-17(4)15(3)14(2)13-16-10-8-7-9-11-16;3*1-2/h6-11H,2H2,1,3-5H3;7-11,13H,3,5-6,12H2,1-2,4H3;3*1-2H3/b15-10-;14-13+;;;. The Balaban J connectivity index is 0. The quantitative estimate of drug-likeness (QED) is 0.238. The Kier molecular flexibility index (Phi) is 23.2. The Bertz CT molecular complexity index is 1210. The summed E-state index contributed by atoms with van der Waals surface area (Å²) in [7, 11) is 2.11. The summed E-state index contributed by atoms with van der Waals surface area (Å²) >= 11 is 0. The van der Waals surface area contributed by atoms with Crippen molar-refractivity contribution in [1.82, 2.24) is 14.7 Å². The number of hydrogen-bond acceptors (Lipinski definition) is 2. The number of unbranched alkanes of at least 4 members (excludes halogenated alkanes) is 1. The molecule has 0 aliphatic heterocycles. The van der Waals surface area contributed by atoms with Crippen molar-refractivity contribution < 1.29 is 0 Å². The van der Waals surface area contributed by atoms with Crippen LogP contribution < -0.4 is 0 Å². The Morgan fingerprint density at radius 1 is 0.833 bits per heavy atom. The molecule has 0 radical (unpaired) electrons. The van der Waals surface area contributed by atoms with Gasteiger partial charge in [-0.25, -0.2) is 4.68 Å². The summed E-state index contributed by atoms with van der Waals surface area (Å²) in [4.78, 5) is 2.23. The number of nitrogens with zero attached hydrogens (tertiary/aromatic N) is 3. The van der Waals surface area contributed by atoms with Crippen LogP contribution in [-0.2, 0) is 0 Å². The van der Waals surface area contributed by atoms with E-state index in [0.29, 0.717) is 0 Å². The lowest BCUT2D eigenvalue weighted by Crippen LogP contribution is -2.18. The smallest absolute Gasteiger partial charge is 0.0526 e. The van der Waals surface area contributed by atoms with E-state index in [4.69, 9.17) is 0 Å². The van der Waals surface area contributed by atoms with Crippen molar-refractivity contribution in [2.24, 2.45) is 0 Å². The lowest BCUT2D eigenvalue weighted by atomic mass is 10.0. The molecule has 1 heterocycles. The summed E-state index contributed by atoms with van der Waals surface area (Å²) < 4.78 is 1.96. The van der Waals surface area contributed by atoms with Crippen LogP contribution in [0.4, 0.5) is 0 Å². The molecule has 0 unspecified atom stereocenters. The zero-order valence-electron chi connectivity index (χ0n) is 29.3. The van der Waals surface area contributed by atoms with Gasteiger partial charge in [0.15, 0.2) is 0 Å². The maximum Gasteiger partial charge on any atom is 0.0526 e. The fourth-order valence-corrected chi connectivity index (χ4v) is 3.89. The van der Waals surface area contributed by atoms with Crippen LogP contribution in [0.3, 0.4) is 0 Å². The maximum absolute atomic E-state index is 4.39. The van der Waals surface area contributed by atoms with Gasteiger partial charge in [-0.3, -0.25) is 0 Å². The van der Waals surface area contributed by atoms with E-state index in [1.54, 1.807) is 0 Å². The van der Waals surface area contributed by atoms with E-state index in [-0.39, 0.29) is 0 Å². The third kappa shape index (κ3) is 14.3. The fraction of sp³-hybridized carbons (Fsp3) is 0.410. The molecular formula is C39H61N3. The normalized spacial score (nSPS) is 10.3. The van der Waals surface area contributed by atoms with Gasteiger partial charge in [-0.1, -0.05) is 129 Å². The fourth-order valence-electron chi connectivity index (χ4n) is 3.89. The van der Waals surface area contributed by atoms with Gasteiger partial charge in [0, 0.05) is 30.7 Å². The van der Waals surface area contributed by atoms with Crippen LogP contribution in [0.1, 0.15) is 103 Å². The molecule has 0 spiro atoms. The molecule has 42 heavy (non-hydrogen) atoms. The Morgan fingerprint density at radius 2 is 1.38 bits per heavy atom. The molecule has 0 saturated carbocycles. The van der Waals surface area contributed by atoms with Crippen LogP contribution in [0.2, 0.25) is 0 Å². The number of allylic oxidation sites excluding steroid dienone is 4. The Hall–Kier alpha value is -3.59. The maximum atomic E-state index is 4.39. The van der Waals surface area contributed by atoms with Crippen molar-refractivity contribution >= 4 is 17.3 Å². The molecule has 3 aromatic rings. The third-order valence-electron chi connectivity index (χ3n) is 6.41. The number of aromatic nitrogens is 2. The number of benzene rings is 2. The van der Waals surface area contributed by atoms with E-state index in [1.165, 1.54) is 46.4 Å². The predicted octanol–water partition coefficient (Wildman–Crippen LogP) is 11.8. The minimum absolute atomic E-state index is 1.02. The Labute approximate surface area is 260 Å². The molecule has 232 valence electrons. The highest BCUT2D eigenvalue weighted by Crippen LogP contribution is 2.21. The first-order valence-corrected chi connectivity index (χ1v) is 15.7. The molecule has 3 heteroatoms. The minimum atomic E-state index is 1.02. The predicted molar refractivity (Wildman–Crippen MR) is 193 cm³/mol. The van der Waals surface area contributed by atoms with Crippen LogP contribution in [0.25, 0.3) is 17.3 Å². The van der Waals surface area contributed by atoms with Crippen molar-refractivity contribution in [1.29, 1.82) is 0 Å². The summed E-state index contributed by atoms with van der Waals surface area (Å²) in [5.74, 6) is 0. The molecule has 0 amide bonds. The van der Waals surface area contributed by atoms with E-state index in [1.807, 2.05) is 70.6 Å². The van der Waals surface area contributed by atoms with Gasteiger partial charge in [0.05, 0.1) is 6.20 Å². The summed E-state index contributed by atoms with van der Waals surface area (Å²) in [6.45, 7) is 34.1. The number of likely N-dealkylation sites (N-methyl/N-ethyl adjacent to an activating group) is 1. The topological polar surface area (TPSA) is 21.1 Å². The van der Waals surface area contributed by atoms with Gasteiger partial charge in [-0.2, -0.15) is 5.10 Å². The number of aryl methyl sites for hydroxylation is 2. The zero-order chi connectivity index (χ0) is 32.7. The van der Waals surface area contributed by atoms with E-state index in [2.05, 4.69) is 120 Å². The zero-order valence-corrected chi connectivity index (χ0v) is 29.3. The van der Waals surface area contributed by atoms with Crippen LogP contribution in [0.5, 0.6) is 0 Å². The molecule has 0 bridgehead atoms. The molecule has 0 aliphatic carbocycles. The van der Waals surface area contributed by atoms with E-state index < -0.39 is 0 Å². The highest BCUT2D eigenvalue weighted by molar-refractivity contribution is 5.79. The van der Waals surface area contributed by atoms with Crippen LogP contribution in [-0.4, -0.2) is 28.3 Å². The lowest BCUT2D eigenvalue weighted by Gasteiger charge is -2.22. The van der Waals surface area contributed by atoms with Gasteiger partial charge in [0.2, 0.25) is 0 Å². The van der Waals surface area contributed by atoms with Crippen LogP contribution >= 0.6 is 0 Å². The van der Waals surface area contributed by atoms with E-state index in [9.17, 15) is 0 Å². The van der Waals surface area contributed by atoms with E-state index in [0.717, 1.165) is 23.5 Å². The van der Waals surface area contributed by atoms with Crippen molar-refractivity contribution in [3.63, 3.8) is 0 Å². The SMILES string of the molecule is C=C(/C(C)=C/c1ccccc1)N(C)CCCC.C=C(/C=C(/C)n1ncc(C)c1C)c1ccccc1C.CC.CC.CC. The van der Waals surface area contributed by atoms with E-state index >= 15 is 0 Å². The molecule has 0 aliphatic rings. The van der Waals surface area contributed by atoms with Gasteiger partial charge in [0.1, 0.15) is 0 Å². The molecule has 2 aromatic carbocycles. The van der Waals surface area contributed by atoms with Crippen molar-refractivity contribution in [2.45, 2.75) is 95.9 Å². The van der Waals surface area contributed by atoms with Gasteiger partial charge >= 0.3 is 0 Å². The third-order valence-corrected chi connectivity index (χ3v) is 6.41. The van der Waals surface area contributed by atoms with Gasteiger partial charge in [-0.05, 0) is 80.5 Å². The second-order valence-corrected chi connectivity index (χ2v) is 9.41. The van der Waals surface area contributed by atoms with Gasteiger partial charge in [0.25, 0.3) is 0 Å². The monoisotopic (exact) mass is 571 g/mol. The van der Waals surface area contributed by atoms with Crippen molar-refractivity contribution in [3.05, 3.63) is 119 Å². The first-order chi connectivity index (χ1) is 20.1. The highest BCUT2D eigenvalue weighted by Gasteiger charge is 2.06. The molecule has 0 N–H and O–H groups in total. The average molecular weight is 572 g/mol. The Morgan fingerprint density at radius 3 is 1.88 bits per heavy atom. The summed E-state index contributed by atoms with van der Waals surface area (Å²) in [5, 5.41) is 4.39. The molecule has 3 rings (SSSR count). The largest absolute Gasteiger partial charge is 0.375 e. The minimum Gasteiger partial charge on any atom is -0.375 e. The second-order valence-electron chi connectivity index (χ2n) is 9.41. The first kappa shape index (κ1) is 40.5. The molecule has 3 nitrogen and oxygen atoms in total. The molecule has 1 aromatic heterocycles. The van der Waals surface area contributed by atoms with Gasteiger partial charge < -0.3 is 4.90 Å². The summed E-state index contributed by atoms with van der Waals surface area (Å²) in [6.07, 6.45) is 8.60. The van der Waals surface area contributed by atoms with Gasteiger partial charge in [-0.15, -0.1) is 0 Å². The lowest BCUT2D eigenvalue weighted by molar-refractivity contribution is 0.415. The average Bonchev–Trinajstić information content (AvgIpc) is 3.37. The molecule has 0 saturated heterocycles. The molecular weight excluding hydrogens is 510 g/mol. The first-order valence-electron chi connectivity index (χ1n) is 15.7. The van der Waals surface area contributed by atoms with Crippen molar-refractivity contribution in [3.8, 4) is 0 Å². The highest BCUT2D eigenvalue weighted by atomic mass is 15.3. The number of rotatable bonds is 9. The van der Waals surface area contributed by atoms with Crippen LogP contribution in [0.15, 0.2) is 91.3 Å². The number of hydrogen-bond donors (Lipinski definition) is 0. The summed E-state index contributed by atoms with van der Waals surface area (Å²) in [5.41, 5.74) is 10.5. The molecule has 0 atom stereocenters. The second kappa shape index (κ2) is 24.1. The summed E-state index contributed by atoms with van der Waals surface area (Å²) in [6, 6.07) is 18.7.